The van der Waals surface area contributed by atoms with Crippen molar-refractivity contribution in [1.29, 1.82) is 0 Å². The number of halogens is 1. The SMILES string of the molecule is O=C(O)c1cc(Br)cc(NCCN2CCCCC2)c1. The Bertz CT molecular complexity index is 445. The van der Waals surface area contributed by atoms with E-state index >= 15 is 0 Å². The van der Waals surface area contributed by atoms with E-state index in [1.807, 2.05) is 6.07 Å². The van der Waals surface area contributed by atoms with Gasteiger partial charge < -0.3 is 15.3 Å². The van der Waals surface area contributed by atoms with Crippen LogP contribution in [0.2, 0.25) is 0 Å². The topological polar surface area (TPSA) is 52.6 Å². The fraction of sp³-hybridized carbons (Fsp3) is 0.500. The number of nitrogens with zero attached hydrogens (tertiary/aromatic N) is 1. The molecule has 1 aliphatic heterocycles. The summed E-state index contributed by atoms with van der Waals surface area (Å²) in [4.78, 5) is 13.4. The van der Waals surface area contributed by atoms with Crippen molar-refractivity contribution in [3.8, 4) is 0 Å². The predicted octanol–water partition coefficient (Wildman–Crippen LogP) is 3.05. The number of piperidine rings is 1. The van der Waals surface area contributed by atoms with Gasteiger partial charge in [0, 0.05) is 23.2 Å². The van der Waals surface area contributed by atoms with Gasteiger partial charge in [-0.15, -0.1) is 0 Å². The minimum Gasteiger partial charge on any atom is -0.478 e. The number of anilines is 1. The maximum atomic E-state index is 11.0. The van der Waals surface area contributed by atoms with Crippen LogP contribution in [0.4, 0.5) is 5.69 Å². The Morgan fingerprint density at radius 2 is 2.00 bits per heavy atom. The summed E-state index contributed by atoms with van der Waals surface area (Å²) in [5, 5.41) is 12.3. The molecular formula is C14H19BrN2O2. The van der Waals surface area contributed by atoms with Crippen LogP contribution in [0.3, 0.4) is 0 Å². The molecule has 1 saturated heterocycles. The van der Waals surface area contributed by atoms with E-state index < -0.39 is 5.97 Å². The molecule has 0 amide bonds. The number of carboxylic acids is 1. The summed E-state index contributed by atoms with van der Waals surface area (Å²) in [6.45, 7) is 4.21. The summed E-state index contributed by atoms with van der Waals surface area (Å²) in [5.41, 5.74) is 1.15. The summed E-state index contributed by atoms with van der Waals surface area (Å²) in [7, 11) is 0. The van der Waals surface area contributed by atoms with Gasteiger partial charge in [-0.25, -0.2) is 4.79 Å². The number of likely N-dealkylation sites (tertiary alicyclic amines) is 1. The molecule has 1 heterocycles. The number of hydrogen-bond donors (Lipinski definition) is 2. The second kappa shape index (κ2) is 6.91. The number of rotatable bonds is 5. The van der Waals surface area contributed by atoms with Crippen molar-refractivity contribution >= 4 is 27.6 Å². The quantitative estimate of drug-likeness (QED) is 0.873. The number of nitrogens with one attached hydrogen (secondary N) is 1. The number of benzene rings is 1. The first kappa shape index (κ1) is 14.3. The molecule has 4 nitrogen and oxygen atoms in total. The van der Waals surface area contributed by atoms with Gasteiger partial charge in [0.05, 0.1) is 5.56 Å². The summed E-state index contributed by atoms with van der Waals surface area (Å²) < 4.78 is 0.785. The zero-order valence-corrected chi connectivity index (χ0v) is 12.4. The average Bonchev–Trinajstić information content (AvgIpc) is 2.39. The fourth-order valence-electron chi connectivity index (χ4n) is 2.36. The van der Waals surface area contributed by atoms with Crippen molar-refractivity contribution in [3.05, 3.63) is 28.2 Å². The Morgan fingerprint density at radius 3 is 2.68 bits per heavy atom. The Kier molecular flexibility index (Phi) is 5.22. The summed E-state index contributed by atoms with van der Waals surface area (Å²) >= 11 is 3.34. The highest BCUT2D eigenvalue weighted by Gasteiger charge is 2.10. The minimum absolute atomic E-state index is 0.301. The van der Waals surface area contributed by atoms with E-state index in [0.29, 0.717) is 5.56 Å². The van der Waals surface area contributed by atoms with Gasteiger partial charge in [0.25, 0.3) is 0 Å². The Balaban J connectivity index is 1.86. The lowest BCUT2D eigenvalue weighted by Gasteiger charge is -2.26. The highest BCUT2D eigenvalue weighted by atomic mass is 79.9. The van der Waals surface area contributed by atoms with Crippen LogP contribution >= 0.6 is 15.9 Å². The van der Waals surface area contributed by atoms with Gasteiger partial charge in [-0.3, -0.25) is 0 Å². The van der Waals surface area contributed by atoms with Crippen LogP contribution in [0, 0.1) is 0 Å². The second-order valence-electron chi connectivity index (χ2n) is 4.86. The monoisotopic (exact) mass is 326 g/mol. The van der Waals surface area contributed by atoms with Crippen molar-refractivity contribution in [2.45, 2.75) is 19.3 Å². The molecule has 0 atom stereocenters. The van der Waals surface area contributed by atoms with Gasteiger partial charge in [0.1, 0.15) is 0 Å². The molecule has 2 rings (SSSR count). The van der Waals surface area contributed by atoms with E-state index in [9.17, 15) is 4.79 Å². The number of carbonyl (C=O) groups is 1. The summed E-state index contributed by atoms with van der Waals surface area (Å²) in [6.07, 6.45) is 3.93. The number of carboxylic acid groups (broad SMARTS) is 1. The van der Waals surface area contributed by atoms with E-state index in [2.05, 4.69) is 26.1 Å². The zero-order chi connectivity index (χ0) is 13.7. The molecule has 1 aromatic carbocycles. The normalized spacial score (nSPS) is 16.3. The Morgan fingerprint density at radius 1 is 1.26 bits per heavy atom. The van der Waals surface area contributed by atoms with E-state index in [1.165, 1.54) is 32.4 Å². The van der Waals surface area contributed by atoms with Gasteiger partial charge in [-0.05, 0) is 44.1 Å². The molecule has 0 spiro atoms. The Labute approximate surface area is 121 Å². The third-order valence-electron chi connectivity index (χ3n) is 3.35. The van der Waals surface area contributed by atoms with Crippen LogP contribution in [-0.2, 0) is 0 Å². The first-order valence-electron chi connectivity index (χ1n) is 6.65. The van der Waals surface area contributed by atoms with E-state index in [4.69, 9.17) is 5.11 Å². The van der Waals surface area contributed by atoms with Gasteiger partial charge in [0.15, 0.2) is 0 Å². The van der Waals surface area contributed by atoms with Gasteiger partial charge in [-0.1, -0.05) is 22.4 Å². The van der Waals surface area contributed by atoms with Crippen LogP contribution in [0.25, 0.3) is 0 Å². The molecule has 1 fully saturated rings. The largest absolute Gasteiger partial charge is 0.478 e. The molecule has 0 radical (unpaired) electrons. The first-order chi connectivity index (χ1) is 9.15. The molecular weight excluding hydrogens is 308 g/mol. The van der Waals surface area contributed by atoms with Crippen LogP contribution in [0.1, 0.15) is 29.6 Å². The highest BCUT2D eigenvalue weighted by Crippen LogP contribution is 2.19. The van der Waals surface area contributed by atoms with E-state index in [0.717, 1.165) is 23.2 Å². The lowest BCUT2D eigenvalue weighted by Crippen LogP contribution is -2.33. The summed E-state index contributed by atoms with van der Waals surface area (Å²) in [5.74, 6) is -0.902. The molecule has 2 N–H and O–H groups in total. The van der Waals surface area contributed by atoms with Crippen LogP contribution < -0.4 is 5.32 Å². The zero-order valence-electron chi connectivity index (χ0n) is 10.9. The maximum absolute atomic E-state index is 11.0. The molecule has 0 unspecified atom stereocenters. The molecule has 1 aromatic rings. The molecule has 0 aliphatic carbocycles. The Hall–Kier alpha value is -1.07. The van der Waals surface area contributed by atoms with E-state index in [1.54, 1.807) is 12.1 Å². The van der Waals surface area contributed by atoms with Crippen molar-refractivity contribution in [2.24, 2.45) is 0 Å². The number of hydrogen-bond acceptors (Lipinski definition) is 3. The molecule has 0 aromatic heterocycles. The molecule has 19 heavy (non-hydrogen) atoms. The van der Waals surface area contributed by atoms with Gasteiger partial charge in [-0.2, -0.15) is 0 Å². The van der Waals surface area contributed by atoms with E-state index in [-0.39, 0.29) is 0 Å². The second-order valence-corrected chi connectivity index (χ2v) is 5.78. The lowest BCUT2D eigenvalue weighted by molar-refractivity contribution is 0.0697. The third-order valence-corrected chi connectivity index (χ3v) is 3.81. The van der Waals surface area contributed by atoms with Crippen molar-refractivity contribution in [2.75, 3.05) is 31.5 Å². The highest BCUT2D eigenvalue weighted by molar-refractivity contribution is 9.10. The van der Waals surface area contributed by atoms with Crippen LogP contribution in [0.15, 0.2) is 22.7 Å². The maximum Gasteiger partial charge on any atom is 0.335 e. The van der Waals surface area contributed by atoms with Gasteiger partial charge in [0.2, 0.25) is 0 Å². The minimum atomic E-state index is -0.902. The van der Waals surface area contributed by atoms with Crippen molar-refractivity contribution < 1.29 is 9.90 Å². The molecule has 104 valence electrons. The third kappa shape index (κ3) is 4.51. The lowest BCUT2D eigenvalue weighted by atomic mass is 10.1. The van der Waals surface area contributed by atoms with Crippen LogP contribution in [-0.4, -0.2) is 42.2 Å². The molecule has 5 heteroatoms. The first-order valence-corrected chi connectivity index (χ1v) is 7.44. The fourth-order valence-corrected chi connectivity index (χ4v) is 2.85. The number of aromatic carboxylic acids is 1. The van der Waals surface area contributed by atoms with Crippen molar-refractivity contribution in [1.82, 2.24) is 4.90 Å². The van der Waals surface area contributed by atoms with Crippen LogP contribution in [0.5, 0.6) is 0 Å². The molecule has 0 saturated carbocycles. The molecule has 0 bridgehead atoms. The smallest absolute Gasteiger partial charge is 0.335 e. The summed E-state index contributed by atoms with van der Waals surface area (Å²) in [6, 6.07) is 5.18. The average molecular weight is 327 g/mol. The van der Waals surface area contributed by atoms with Crippen molar-refractivity contribution in [3.63, 3.8) is 0 Å². The molecule has 1 aliphatic rings. The van der Waals surface area contributed by atoms with Gasteiger partial charge >= 0.3 is 5.97 Å². The predicted molar refractivity (Wildman–Crippen MR) is 79.9 cm³/mol. The standard InChI is InChI=1S/C14H19BrN2O2/c15-12-8-11(14(18)19)9-13(10-12)16-4-7-17-5-2-1-3-6-17/h8-10,16H,1-7H2,(H,18,19).